The van der Waals surface area contributed by atoms with Gasteiger partial charge in [0, 0.05) is 30.5 Å². The van der Waals surface area contributed by atoms with E-state index in [1.54, 1.807) is 0 Å². The molecule has 0 aliphatic carbocycles. The van der Waals surface area contributed by atoms with Gasteiger partial charge in [-0.05, 0) is 19.3 Å². The van der Waals surface area contributed by atoms with Gasteiger partial charge < -0.3 is 43.8 Å². The van der Waals surface area contributed by atoms with Crippen LogP contribution in [0.1, 0.15) is 38.5 Å². The zero-order chi connectivity index (χ0) is 31.7. The van der Waals surface area contributed by atoms with Crippen LogP contribution in [0.2, 0.25) is 0 Å². The van der Waals surface area contributed by atoms with Crippen LogP contribution in [-0.2, 0) is 52.3 Å². The molecule has 3 atom stereocenters. The zero-order valence-electron chi connectivity index (χ0n) is 26.0. The monoisotopic (exact) mass is 672 g/mol. The quantitative estimate of drug-likeness (QED) is 0.0613. The molecule has 2 aliphatic heterocycles. The van der Waals surface area contributed by atoms with Crippen molar-refractivity contribution in [1.29, 1.82) is 0 Å². The molecule has 44 heavy (non-hydrogen) atoms. The molecule has 14 nitrogen and oxygen atoms in total. The number of urea groups is 1. The highest BCUT2D eigenvalue weighted by Crippen LogP contribution is 2.33. The second-order valence-electron chi connectivity index (χ2n) is 10.3. The van der Waals surface area contributed by atoms with Gasteiger partial charge in [0.2, 0.25) is 0 Å². The molecule has 0 radical (unpaired) electrons. The number of ketones is 1. The third-order valence-electron chi connectivity index (χ3n) is 6.63. The molecule has 2 fully saturated rings. The van der Waals surface area contributed by atoms with E-state index >= 15 is 0 Å². The molecule has 2 N–H and O–H groups in total. The molecule has 0 aromatic heterocycles. The number of nitrogens with one attached hydrogen (secondary N) is 2. The fourth-order valence-electron chi connectivity index (χ4n) is 4.47. The largest absolute Gasteiger partial charge is 0.379 e. The minimum atomic E-state index is -3.43. The van der Waals surface area contributed by atoms with Gasteiger partial charge in [0.05, 0.1) is 111 Å². The Morgan fingerprint density at radius 1 is 0.682 bits per heavy atom. The molecule has 0 unspecified atom stereocenters. The summed E-state index contributed by atoms with van der Waals surface area (Å²) in [7, 11) is -3.43. The molecule has 2 amide bonds. The fourth-order valence-corrected chi connectivity index (χ4v) is 6.39. The topological polar surface area (TPSA) is 166 Å². The van der Waals surface area contributed by atoms with Crippen molar-refractivity contribution in [3.63, 3.8) is 0 Å². The molecule has 0 saturated carbocycles. The van der Waals surface area contributed by atoms with E-state index in [1.807, 2.05) is 11.8 Å². The molecule has 16 heteroatoms. The van der Waals surface area contributed by atoms with Gasteiger partial charge in [-0.15, -0.1) is 0 Å². The van der Waals surface area contributed by atoms with Crippen LogP contribution in [0.5, 0.6) is 0 Å². The number of Topliss-reactive ketones (excluding diaryl/α,β-unsaturated/α-hetero) is 1. The number of ether oxygens (including phenoxy) is 7. The van der Waals surface area contributed by atoms with Gasteiger partial charge in [0.25, 0.3) is 10.1 Å². The van der Waals surface area contributed by atoms with Gasteiger partial charge in [0.1, 0.15) is 5.78 Å². The molecule has 2 aliphatic rings. The van der Waals surface area contributed by atoms with Crippen LogP contribution in [0.15, 0.2) is 0 Å². The van der Waals surface area contributed by atoms with Crippen molar-refractivity contribution < 1.29 is 55.3 Å². The summed E-state index contributed by atoms with van der Waals surface area (Å²) in [4.78, 5) is 23.5. The second-order valence-corrected chi connectivity index (χ2v) is 13.2. The lowest BCUT2D eigenvalue weighted by Gasteiger charge is -2.16. The van der Waals surface area contributed by atoms with Gasteiger partial charge in [0.15, 0.2) is 0 Å². The second kappa shape index (κ2) is 25.1. The molecule has 0 aromatic carbocycles. The van der Waals surface area contributed by atoms with E-state index in [4.69, 9.17) is 33.2 Å². The first kappa shape index (κ1) is 39.1. The van der Waals surface area contributed by atoms with Crippen LogP contribution in [0.25, 0.3) is 0 Å². The van der Waals surface area contributed by atoms with Crippen LogP contribution in [0, 0.1) is 0 Å². The maximum Gasteiger partial charge on any atom is 0.315 e. The Morgan fingerprint density at radius 3 is 1.64 bits per heavy atom. The van der Waals surface area contributed by atoms with Crippen molar-refractivity contribution >= 4 is 33.7 Å². The van der Waals surface area contributed by atoms with Crippen molar-refractivity contribution in [2.75, 3.05) is 111 Å². The van der Waals surface area contributed by atoms with Crippen molar-refractivity contribution in [1.82, 2.24) is 10.6 Å². The number of fused-ring (bicyclic) bond motifs is 1. The summed E-state index contributed by atoms with van der Waals surface area (Å²) in [5, 5.41) is 6.42. The lowest BCUT2D eigenvalue weighted by atomic mass is 10.0. The minimum Gasteiger partial charge on any atom is -0.379 e. The maximum atomic E-state index is 12.1. The van der Waals surface area contributed by atoms with Crippen LogP contribution in [0.4, 0.5) is 4.79 Å². The van der Waals surface area contributed by atoms with E-state index < -0.39 is 10.1 Å². The highest BCUT2D eigenvalue weighted by atomic mass is 32.2. The Morgan fingerprint density at radius 2 is 1.14 bits per heavy atom. The third-order valence-corrected chi connectivity index (χ3v) is 8.74. The number of carbonyl (C=O) groups excluding carboxylic acids is 2. The molecule has 2 rings (SSSR count). The van der Waals surface area contributed by atoms with Crippen molar-refractivity contribution in [2.45, 2.75) is 55.9 Å². The third kappa shape index (κ3) is 20.9. The highest BCUT2D eigenvalue weighted by molar-refractivity contribution is 8.00. The zero-order valence-corrected chi connectivity index (χ0v) is 27.6. The van der Waals surface area contributed by atoms with E-state index in [9.17, 15) is 18.0 Å². The summed E-state index contributed by atoms with van der Waals surface area (Å²) in [6.07, 6.45) is 5.83. The average Bonchev–Trinajstić information content (AvgIpc) is 3.53. The number of carbonyl (C=O) groups is 2. The maximum absolute atomic E-state index is 12.1. The number of rotatable bonds is 31. The van der Waals surface area contributed by atoms with Crippen LogP contribution < -0.4 is 10.6 Å². The molecule has 2 heterocycles. The van der Waals surface area contributed by atoms with Crippen molar-refractivity contribution in [3.8, 4) is 0 Å². The molecular formula is C28H52N2O12S2. The van der Waals surface area contributed by atoms with E-state index in [-0.39, 0.29) is 37.1 Å². The van der Waals surface area contributed by atoms with E-state index in [0.717, 1.165) is 37.7 Å². The first-order chi connectivity index (χ1) is 21.3. The lowest BCUT2D eigenvalue weighted by Crippen LogP contribution is -2.36. The van der Waals surface area contributed by atoms with Gasteiger partial charge in [-0.1, -0.05) is 6.42 Å². The smallest absolute Gasteiger partial charge is 0.315 e. The molecular weight excluding hydrogens is 620 g/mol. The van der Waals surface area contributed by atoms with Gasteiger partial charge in [-0.25, -0.2) is 4.79 Å². The molecule has 0 bridgehead atoms. The first-order valence-electron chi connectivity index (χ1n) is 15.4. The van der Waals surface area contributed by atoms with Crippen molar-refractivity contribution in [2.24, 2.45) is 0 Å². The highest BCUT2D eigenvalue weighted by Gasteiger charge is 2.42. The van der Waals surface area contributed by atoms with Gasteiger partial charge in [-0.3, -0.25) is 8.98 Å². The Kier molecular flexibility index (Phi) is 22.3. The molecule has 2 saturated heterocycles. The standard InChI is InChI=1S/C28H52N2O12S2/c1-44(33,34)42-22-21-41-20-19-40-18-17-39-16-15-38-14-13-37-12-11-36-10-9-35-8-4-6-24(31)5-2-3-7-26-27-25(23-43-26)29-28(32)30-27/h25-27H,2-23H2,1H3,(H2,29,30,32)/t25-,26-,27-/m0/s1. The van der Waals surface area contributed by atoms with Gasteiger partial charge >= 0.3 is 6.03 Å². The fraction of sp³-hybridized carbons (Fsp3) is 0.929. The van der Waals surface area contributed by atoms with E-state index in [1.165, 1.54) is 0 Å². The number of hydrogen-bond donors (Lipinski definition) is 2. The van der Waals surface area contributed by atoms with Crippen molar-refractivity contribution in [3.05, 3.63) is 0 Å². The summed E-state index contributed by atoms with van der Waals surface area (Å²) in [6.45, 7) is 6.16. The summed E-state index contributed by atoms with van der Waals surface area (Å²) in [5.74, 6) is 1.25. The van der Waals surface area contributed by atoms with E-state index in [2.05, 4.69) is 14.8 Å². The number of unbranched alkanes of at least 4 members (excludes halogenated alkanes) is 1. The summed E-state index contributed by atoms with van der Waals surface area (Å²) in [5.41, 5.74) is 0. The Labute approximate surface area is 266 Å². The molecule has 258 valence electrons. The summed E-state index contributed by atoms with van der Waals surface area (Å²) < 4.78 is 64.0. The first-order valence-corrected chi connectivity index (χ1v) is 18.3. The Balaban J connectivity index is 1.19. The lowest BCUT2D eigenvalue weighted by molar-refractivity contribution is -0.119. The minimum absolute atomic E-state index is 0.00492. The predicted molar refractivity (Wildman–Crippen MR) is 165 cm³/mol. The number of amides is 2. The molecule has 0 spiro atoms. The van der Waals surface area contributed by atoms with Crippen LogP contribution >= 0.6 is 11.8 Å². The van der Waals surface area contributed by atoms with Gasteiger partial charge in [-0.2, -0.15) is 20.2 Å². The van der Waals surface area contributed by atoms with Crippen LogP contribution in [-0.4, -0.2) is 149 Å². The van der Waals surface area contributed by atoms with Crippen LogP contribution in [0.3, 0.4) is 0 Å². The number of thioether (sulfide) groups is 1. The van der Waals surface area contributed by atoms with E-state index in [0.29, 0.717) is 104 Å². The predicted octanol–water partition coefficient (Wildman–Crippen LogP) is 1.15. The number of hydrogen-bond acceptors (Lipinski definition) is 13. The Bertz CT molecular complexity index is 868. The SMILES string of the molecule is CS(=O)(=O)OCCOCCOCCOCCOCCOCCOCCOCCCC(=O)CCCC[C@@H]1SC[C@@H]2NC(=O)N[C@@H]21. The summed E-state index contributed by atoms with van der Waals surface area (Å²) in [6, 6.07) is 0.435. The summed E-state index contributed by atoms with van der Waals surface area (Å²) >= 11 is 1.91. The Hall–Kier alpha value is -1.08. The normalized spacial score (nSPS) is 19.7. The molecule has 0 aromatic rings. The average molecular weight is 673 g/mol.